The van der Waals surface area contributed by atoms with Crippen molar-refractivity contribution in [2.45, 2.75) is 53.2 Å². The number of fused-ring (bicyclic) bond motifs is 1. The molecular weight excluding hydrogens is 404 g/mol. The minimum Gasteiger partial charge on any atom is -0.444 e. The van der Waals surface area contributed by atoms with Crippen molar-refractivity contribution in [3.8, 4) is 11.3 Å². The minimum absolute atomic E-state index is 0.245. The van der Waals surface area contributed by atoms with Crippen LogP contribution in [0, 0.1) is 6.92 Å². The van der Waals surface area contributed by atoms with E-state index in [9.17, 15) is 4.79 Å². The molecular formula is C24H32N6O2. The second-order valence-corrected chi connectivity index (χ2v) is 9.60. The normalized spacial score (nSPS) is 15.0. The van der Waals surface area contributed by atoms with E-state index in [1.165, 1.54) is 0 Å². The number of anilines is 1. The Kier molecular flexibility index (Phi) is 5.79. The average Bonchev–Trinajstić information content (AvgIpc) is 3.18. The van der Waals surface area contributed by atoms with Gasteiger partial charge in [-0.05, 0) is 65.3 Å². The number of pyridine rings is 2. The molecule has 32 heavy (non-hydrogen) atoms. The summed E-state index contributed by atoms with van der Waals surface area (Å²) in [5, 5.41) is 5.58. The first kappa shape index (κ1) is 22.0. The number of carbonyl (C=O) groups is 1. The number of carbonyl (C=O) groups excluding carboxylic acids is 1. The van der Waals surface area contributed by atoms with Crippen LogP contribution in [0.15, 0.2) is 30.6 Å². The zero-order valence-corrected chi connectivity index (χ0v) is 19.8. The van der Waals surface area contributed by atoms with Gasteiger partial charge < -0.3 is 14.5 Å². The van der Waals surface area contributed by atoms with Crippen LogP contribution in [0.5, 0.6) is 0 Å². The molecule has 3 aromatic rings. The van der Waals surface area contributed by atoms with Gasteiger partial charge in [0.25, 0.3) is 0 Å². The molecule has 0 radical (unpaired) electrons. The SMILES string of the molecule is Cc1cc(-c2ccc(N3CCN(C(=O)OC(C)(C)C)CC3)nc2)nc2c1cnn2C(C)C. The van der Waals surface area contributed by atoms with E-state index in [0.29, 0.717) is 13.1 Å². The van der Waals surface area contributed by atoms with Gasteiger partial charge in [0.1, 0.15) is 11.4 Å². The van der Waals surface area contributed by atoms with Gasteiger partial charge in [-0.15, -0.1) is 0 Å². The molecule has 170 valence electrons. The largest absolute Gasteiger partial charge is 0.444 e. The number of ether oxygens (including phenoxy) is 1. The van der Waals surface area contributed by atoms with Gasteiger partial charge in [0.2, 0.25) is 0 Å². The van der Waals surface area contributed by atoms with Crippen molar-refractivity contribution in [1.82, 2.24) is 24.6 Å². The number of aryl methyl sites for hydroxylation is 1. The zero-order valence-electron chi connectivity index (χ0n) is 19.8. The van der Waals surface area contributed by atoms with E-state index >= 15 is 0 Å². The molecule has 8 heteroatoms. The van der Waals surface area contributed by atoms with Crippen LogP contribution in [0.2, 0.25) is 0 Å². The molecule has 3 aromatic heterocycles. The molecule has 4 heterocycles. The van der Waals surface area contributed by atoms with Crippen LogP contribution in [-0.2, 0) is 4.74 Å². The molecule has 1 fully saturated rings. The Hall–Kier alpha value is -3.16. The molecule has 1 aliphatic rings. The number of piperazine rings is 1. The standard InChI is InChI=1S/C24H32N6O2/c1-16(2)30-22-19(15-26-30)17(3)13-20(27-22)18-7-8-21(25-14-18)28-9-11-29(12-10-28)23(31)32-24(4,5)6/h7-8,13-16H,9-12H2,1-6H3. The lowest BCUT2D eigenvalue weighted by molar-refractivity contribution is 0.0240. The lowest BCUT2D eigenvalue weighted by Crippen LogP contribution is -2.50. The monoisotopic (exact) mass is 436 g/mol. The maximum atomic E-state index is 12.3. The maximum absolute atomic E-state index is 12.3. The van der Waals surface area contributed by atoms with Crippen LogP contribution in [0.3, 0.4) is 0 Å². The van der Waals surface area contributed by atoms with Gasteiger partial charge >= 0.3 is 6.09 Å². The van der Waals surface area contributed by atoms with Crippen LogP contribution in [0.25, 0.3) is 22.3 Å². The molecule has 0 atom stereocenters. The molecule has 0 N–H and O–H groups in total. The highest BCUT2D eigenvalue weighted by Gasteiger charge is 2.26. The van der Waals surface area contributed by atoms with Gasteiger partial charge in [-0.1, -0.05) is 0 Å². The number of aromatic nitrogens is 4. The van der Waals surface area contributed by atoms with Crippen LogP contribution >= 0.6 is 0 Å². The third-order valence-corrected chi connectivity index (χ3v) is 5.56. The Balaban J connectivity index is 1.47. The zero-order chi connectivity index (χ0) is 23.0. The molecule has 0 aliphatic carbocycles. The van der Waals surface area contributed by atoms with E-state index in [0.717, 1.165) is 46.8 Å². The predicted octanol–water partition coefficient (Wildman–Crippen LogP) is 4.44. The summed E-state index contributed by atoms with van der Waals surface area (Å²) in [6.45, 7) is 14.6. The van der Waals surface area contributed by atoms with Gasteiger partial charge in [-0.3, -0.25) is 0 Å². The molecule has 0 unspecified atom stereocenters. The Bertz CT molecular complexity index is 1110. The molecule has 0 aromatic carbocycles. The van der Waals surface area contributed by atoms with Crippen molar-refractivity contribution in [2.24, 2.45) is 0 Å². The summed E-state index contributed by atoms with van der Waals surface area (Å²) < 4.78 is 7.44. The summed E-state index contributed by atoms with van der Waals surface area (Å²) in [6.07, 6.45) is 3.51. The van der Waals surface area contributed by atoms with Gasteiger partial charge in [-0.2, -0.15) is 5.10 Å². The van der Waals surface area contributed by atoms with E-state index in [1.807, 2.05) is 43.9 Å². The second kappa shape index (κ2) is 8.41. The number of hydrogen-bond donors (Lipinski definition) is 0. The van der Waals surface area contributed by atoms with Gasteiger partial charge in [0.15, 0.2) is 5.65 Å². The van der Waals surface area contributed by atoms with Crippen molar-refractivity contribution in [1.29, 1.82) is 0 Å². The van der Waals surface area contributed by atoms with Crippen molar-refractivity contribution in [2.75, 3.05) is 31.1 Å². The molecule has 4 rings (SSSR count). The van der Waals surface area contributed by atoms with E-state index in [-0.39, 0.29) is 12.1 Å². The van der Waals surface area contributed by atoms with Crippen LogP contribution in [-0.4, -0.2) is 62.5 Å². The summed E-state index contributed by atoms with van der Waals surface area (Å²) in [5.41, 5.74) is 3.44. The Labute approximate surface area is 189 Å². The number of amides is 1. The fourth-order valence-electron chi connectivity index (χ4n) is 3.87. The molecule has 0 bridgehead atoms. The lowest BCUT2D eigenvalue weighted by atomic mass is 10.1. The molecule has 8 nitrogen and oxygen atoms in total. The fraction of sp³-hybridized carbons (Fsp3) is 0.500. The second-order valence-electron chi connectivity index (χ2n) is 9.60. The van der Waals surface area contributed by atoms with Crippen LogP contribution in [0.1, 0.15) is 46.2 Å². The third kappa shape index (κ3) is 4.54. The molecule has 0 saturated carbocycles. The molecule has 1 aliphatic heterocycles. The van der Waals surface area contributed by atoms with Gasteiger partial charge in [0.05, 0.1) is 11.9 Å². The highest BCUT2D eigenvalue weighted by molar-refractivity contribution is 5.82. The lowest BCUT2D eigenvalue weighted by Gasteiger charge is -2.36. The third-order valence-electron chi connectivity index (χ3n) is 5.56. The average molecular weight is 437 g/mol. The fourth-order valence-corrected chi connectivity index (χ4v) is 3.87. The van der Waals surface area contributed by atoms with Crippen LogP contribution in [0.4, 0.5) is 10.6 Å². The number of hydrogen-bond acceptors (Lipinski definition) is 6. The maximum Gasteiger partial charge on any atom is 0.410 e. The van der Waals surface area contributed by atoms with Crippen LogP contribution < -0.4 is 4.90 Å². The predicted molar refractivity (Wildman–Crippen MR) is 126 cm³/mol. The Morgan fingerprint density at radius 3 is 2.41 bits per heavy atom. The number of nitrogens with zero attached hydrogens (tertiary/aromatic N) is 6. The smallest absolute Gasteiger partial charge is 0.410 e. The molecule has 1 saturated heterocycles. The van der Waals surface area contributed by atoms with Gasteiger partial charge in [-0.25, -0.2) is 19.4 Å². The highest BCUT2D eigenvalue weighted by Crippen LogP contribution is 2.26. The van der Waals surface area contributed by atoms with E-state index < -0.39 is 5.60 Å². The summed E-state index contributed by atoms with van der Waals surface area (Å²) in [4.78, 5) is 25.8. The first-order valence-electron chi connectivity index (χ1n) is 11.2. The van der Waals surface area contributed by atoms with Gasteiger partial charge in [0, 0.05) is 49.4 Å². The first-order chi connectivity index (χ1) is 15.1. The first-order valence-corrected chi connectivity index (χ1v) is 11.2. The molecule has 0 spiro atoms. The van der Waals surface area contributed by atoms with E-state index in [2.05, 4.69) is 42.9 Å². The number of rotatable bonds is 3. The van der Waals surface area contributed by atoms with E-state index in [1.54, 1.807) is 4.90 Å². The van der Waals surface area contributed by atoms with Crippen molar-refractivity contribution in [3.63, 3.8) is 0 Å². The highest BCUT2D eigenvalue weighted by atomic mass is 16.6. The van der Waals surface area contributed by atoms with Crippen molar-refractivity contribution >= 4 is 22.9 Å². The summed E-state index contributed by atoms with van der Waals surface area (Å²) in [7, 11) is 0. The van der Waals surface area contributed by atoms with Crippen molar-refractivity contribution < 1.29 is 9.53 Å². The topological polar surface area (TPSA) is 76.4 Å². The Morgan fingerprint density at radius 2 is 1.81 bits per heavy atom. The van der Waals surface area contributed by atoms with E-state index in [4.69, 9.17) is 14.7 Å². The summed E-state index contributed by atoms with van der Waals surface area (Å²) in [6, 6.07) is 6.42. The quantitative estimate of drug-likeness (QED) is 0.604. The Morgan fingerprint density at radius 1 is 1.09 bits per heavy atom. The molecule has 1 amide bonds. The minimum atomic E-state index is -0.478. The summed E-state index contributed by atoms with van der Waals surface area (Å²) >= 11 is 0. The van der Waals surface area contributed by atoms with Crippen molar-refractivity contribution in [3.05, 3.63) is 36.2 Å². The summed E-state index contributed by atoms with van der Waals surface area (Å²) in [5.74, 6) is 0.905.